The highest BCUT2D eigenvalue weighted by atomic mass is 79.9. The normalized spacial score (nSPS) is 10.5. The number of hydrogen-bond acceptors (Lipinski definition) is 2. The third kappa shape index (κ3) is 2.65. The summed E-state index contributed by atoms with van der Waals surface area (Å²) in [7, 11) is 0. The number of nitrogens with two attached hydrogens (primary N) is 1. The van der Waals surface area contributed by atoms with Crippen molar-refractivity contribution in [1.82, 2.24) is 0 Å². The average Bonchev–Trinajstić information content (AvgIpc) is 2.39. The van der Waals surface area contributed by atoms with Crippen LogP contribution in [0.2, 0.25) is 5.02 Å². The fourth-order valence-electron chi connectivity index (χ4n) is 1.64. The van der Waals surface area contributed by atoms with Gasteiger partial charge >= 0.3 is 0 Å². The fourth-order valence-corrected chi connectivity index (χ4v) is 2.11. The number of carbonyl (C=O) groups is 1. The Hall–Kier alpha value is -1.39. The number of nitrogen functional groups attached to an aromatic ring is 1. The number of hydrogen-bond donors (Lipinski definition) is 1. The minimum absolute atomic E-state index is 0.0727. The van der Waals surface area contributed by atoms with Crippen molar-refractivity contribution < 1.29 is 9.18 Å². The molecule has 0 fully saturated rings. The molecule has 2 nitrogen and oxygen atoms in total. The summed E-state index contributed by atoms with van der Waals surface area (Å²) in [5, 5.41) is -0.106. The Morgan fingerprint density at radius 1 is 1.32 bits per heavy atom. The molecule has 0 bridgehead atoms. The molecule has 2 N–H and O–H groups in total. The zero-order valence-electron chi connectivity index (χ0n) is 10.0. The summed E-state index contributed by atoms with van der Waals surface area (Å²) in [6, 6.07) is 7.80. The molecule has 0 saturated heterocycles. The van der Waals surface area contributed by atoms with E-state index in [4.69, 9.17) is 17.3 Å². The van der Waals surface area contributed by atoms with Crippen LogP contribution < -0.4 is 5.73 Å². The largest absolute Gasteiger partial charge is 0.398 e. The van der Waals surface area contributed by atoms with E-state index in [1.54, 1.807) is 12.1 Å². The quantitative estimate of drug-likeness (QED) is 0.500. The first kappa shape index (κ1) is 14.0. The van der Waals surface area contributed by atoms with Gasteiger partial charge in [-0.3, -0.25) is 4.79 Å². The van der Waals surface area contributed by atoms with Gasteiger partial charge in [0.25, 0.3) is 0 Å². The number of aryl methyl sites for hydroxylation is 1. The summed E-state index contributed by atoms with van der Waals surface area (Å²) >= 11 is 8.88. The fraction of sp³-hybridized carbons (Fsp3) is 0.0714. The monoisotopic (exact) mass is 341 g/mol. The lowest BCUT2D eigenvalue weighted by molar-refractivity contribution is 0.103. The Morgan fingerprint density at radius 3 is 2.63 bits per heavy atom. The molecule has 2 aromatic carbocycles. The first-order valence-electron chi connectivity index (χ1n) is 5.46. The van der Waals surface area contributed by atoms with E-state index in [9.17, 15) is 9.18 Å². The number of anilines is 1. The zero-order valence-corrected chi connectivity index (χ0v) is 12.3. The lowest BCUT2D eigenvalue weighted by atomic mass is 10.0. The van der Waals surface area contributed by atoms with E-state index < -0.39 is 11.6 Å². The predicted octanol–water partition coefficient (Wildman–Crippen LogP) is 4.36. The van der Waals surface area contributed by atoms with Crippen molar-refractivity contribution in [2.75, 3.05) is 5.73 Å². The summed E-state index contributed by atoms with van der Waals surface area (Å²) in [5.74, 6) is -1.18. The third-order valence-electron chi connectivity index (χ3n) is 2.82. The molecule has 0 unspecified atom stereocenters. The zero-order chi connectivity index (χ0) is 14.2. The Kier molecular flexibility index (Phi) is 3.92. The minimum atomic E-state index is -0.736. The molecule has 0 saturated carbocycles. The molecule has 0 aliphatic carbocycles. The SMILES string of the molecule is Cc1ccc(C(=O)c2ccc(Br)c(Cl)c2F)cc1N. The van der Waals surface area contributed by atoms with Crippen LogP contribution in [0.1, 0.15) is 21.5 Å². The van der Waals surface area contributed by atoms with Crippen LogP contribution in [0, 0.1) is 12.7 Å². The van der Waals surface area contributed by atoms with Crippen LogP contribution in [0.3, 0.4) is 0 Å². The Balaban J connectivity index is 2.50. The Labute approximate surface area is 123 Å². The van der Waals surface area contributed by atoms with Crippen LogP contribution in [0.5, 0.6) is 0 Å². The molecule has 5 heteroatoms. The van der Waals surface area contributed by atoms with E-state index in [0.29, 0.717) is 15.7 Å². The topological polar surface area (TPSA) is 43.1 Å². The lowest BCUT2D eigenvalue weighted by Gasteiger charge is -2.07. The number of carbonyl (C=O) groups excluding carboxylic acids is 1. The smallest absolute Gasteiger partial charge is 0.196 e. The summed E-state index contributed by atoms with van der Waals surface area (Å²) in [4.78, 5) is 12.2. The van der Waals surface area contributed by atoms with E-state index in [-0.39, 0.29) is 10.6 Å². The van der Waals surface area contributed by atoms with Gasteiger partial charge in [0.05, 0.1) is 10.6 Å². The number of benzene rings is 2. The van der Waals surface area contributed by atoms with Crippen LogP contribution in [0.4, 0.5) is 10.1 Å². The first-order chi connectivity index (χ1) is 8.91. The van der Waals surface area contributed by atoms with Gasteiger partial charge in [-0.25, -0.2) is 4.39 Å². The molecule has 0 amide bonds. The second kappa shape index (κ2) is 5.31. The van der Waals surface area contributed by atoms with Gasteiger partial charge < -0.3 is 5.73 Å². The summed E-state index contributed by atoms with van der Waals surface area (Å²) in [5.41, 5.74) is 7.37. The maximum absolute atomic E-state index is 14.0. The van der Waals surface area contributed by atoms with E-state index >= 15 is 0 Å². The first-order valence-corrected chi connectivity index (χ1v) is 6.63. The third-order valence-corrected chi connectivity index (χ3v) is 4.08. The van der Waals surface area contributed by atoms with E-state index in [1.807, 2.05) is 6.92 Å². The van der Waals surface area contributed by atoms with Crippen molar-refractivity contribution in [3.63, 3.8) is 0 Å². The maximum atomic E-state index is 14.0. The second-order valence-electron chi connectivity index (χ2n) is 4.12. The summed E-state index contributed by atoms with van der Waals surface area (Å²) in [6.07, 6.45) is 0. The molecule has 19 heavy (non-hydrogen) atoms. The van der Waals surface area contributed by atoms with Gasteiger partial charge in [0.1, 0.15) is 0 Å². The van der Waals surface area contributed by atoms with Gasteiger partial charge in [-0.05, 0) is 46.6 Å². The van der Waals surface area contributed by atoms with Gasteiger partial charge in [0.15, 0.2) is 11.6 Å². The highest BCUT2D eigenvalue weighted by Gasteiger charge is 2.18. The predicted molar refractivity (Wildman–Crippen MR) is 78.1 cm³/mol. The summed E-state index contributed by atoms with van der Waals surface area (Å²) < 4.78 is 14.4. The molecular formula is C14H10BrClFNO. The van der Waals surface area contributed by atoms with Gasteiger partial charge in [-0.1, -0.05) is 23.7 Å². The highest BCUT2D eigenvalue weighted by Crippen LogP contribution is 2.29. The molecular weight excluding hydrogens is 333 g/mol. The number of ketones is 1. The van der Waals surface area contributed by atoms with Crippen molar-refractivity contribution in [2.24, 2.45) is 0 Å². The van der Waals surface area contributed by atoms with Crippen molar-refractivity contribution in [1.29, 1.82) is 0 Å². The van der Waals surface area contributed by atoms with Crippen molar-refractivity contribution in [3.8, 4) is 0 Å². The van der Waals surface area contributed by atoms with Crippen molar-refractivity contribution in [2.45, 2.75) is 6.92 Å². The van der Waals surface area contributed by atoms with Crippen LogP contribution >= 0.6 is 27.5 Å². The molecule has 0 aliphatic rings. The summed E-state index contributed by atoms with van der Waals surface area (Å²) in [6.45, 7) is 1.83. The van der Waals surface area contributed by atoms with Gasteiger partial charge in [-0.2, -0.15) is 0 Å². The molecule has 0 aliphatic heterocycles. The molecule has 2 rings (SSSR count). The average molecular weight is 343 g/mol. The molecule has 0 spiro atoms. The molecule has 0 radical (unpaired) electrons. The lowest BCUT2D eigenvalue weighted by Crippen LogP contribution is -2.06. The van der Waals surface area contributed by atoms with Gasteiger partial charge in [0.2, 0.25) is 0 Å². The Bertz CT molecular complexity index is 673. The molecule has 98 valence electrons. The van der Waals surface area contributed by atoms with E-state index in [0.717, 1.165) is 5.56 Å². The van der Waals surface area contributed by atoms with Crippen molar-refractivity contribution in [3.05, 3.63) is 62.3 Å². The molecule has 0 aromatic heterocycles. The van der Waals surface area contributed by atoms with Gasteiger partial charge in [-0.15, -0.1) is 0 Å². The Morgan fingerprint density at radius 2 is 2.00 bits per heavy atom. The highest BCUT2D eigenvalue weighted by molar-refractivity contribution is 9.10. The number of rotatable bonds is 2. The van der Waals surface area contributed by atoms with E-state index in [1.165, 1.54) is 18.2 Å². The molecule has 0 atom stereocenters. The van der Waals surface area contributed by atoms with Gasteiger partial charge in [0, 0.05) is 15.7 Å². The van der Waals surface area contributed by atoms with Crippen LogP contribution in [-0.2, 0) is 0 Å². The van der Waals surface area contributed by atoms with Crippen LogP contribution in [0.25, 0.3) is 0 Å². The standard InChI is InChI=1S/C14H10BrClFNO/c1-7-2-3-8(6-11(7)18)14(19)9-4-5-10(15)12(16)13(9)17/h2-6H,18H2,1H3. The number of halogens is 3. The van der Waals surface area contributed by atoms with Crippen LogP contribution in [0.15, 0.2) is 34.8 Å². The van der Waals surface area contributed by atoms with Crippen LogP contribution in [-0.4, -0.2) is 5.78 Å². The molecule has 0 heterocycles. The molecule has 2 aromatic rings. The van der Waals surface area contributed by atoms with E-state index in [2.05, 4.69) is 15.9 Å². The minimum Gasteiger partial charge on any atom is -0.398 e. The maximum Gasteiger partial charge on any atom is 0.196 e. The second-order valence-corrected chi connectivity index (χ2v) is 5.36. The van der Waals surface area contributed by atoms with Crippen molar-refractivity contribution >= 4 is 39.0 Å².